The molecule has 18 heteroatoms. The van der Waals surface area contributed by atoms with Gasteiger partial charge in [-0.15, -0.1) is 22.0 Å². The van der Waals surface area contributed by atoms with Crippen LogP contribution in [0.5, 0.6) is 0 Å². The molecular formula is C19H18N6O9S3. The molecule has 2 aliphatic heterocycles. The molecule has 2 amide bonds. The molecule has 3 heterocycles. The molecule has 4 atom stereocenters. The topological polar surface area (TPSA) is 222 Å². The highest BCUT2D eigenvalue weighted by Crippen LogP contribution is 2.44. The molecule has 196 valence electrons. The fourth-order valence-electron chi connectivity index (χ4n) is 3.82. The summed E-state index contributed by atoms with van der Waals surface area (Å²) in [4.78, 5) is 50.0. The molecular weight excluding hydrogens is 552 g/mol. The second-order valence-electron chi connectivity index (χ2n) is 7.65. The number of carbonyl (C=O) groups excluding carboxylic acids is 3. The van der Waals surface area contributed by atoms with Crippen molar-refractivity contribution in [3.8, 4) is 0 Å². The van der Waals surface area contributed by atoms with E-state index in [2.05, 4.69) is 25.9 Å². The summed E-state index contributed by atoms with van der Waals surface area (Å²) < 4.78 is 37.7. The first-order valence-corrected chi connectivity index (χ1v) is 13.8. The molecule has 2 aliphatic rings. The van der Waals surface area contributed by atoms with Crippen LogP contribution in [0.4, 0.5) is 0 Å². The molecule has 2 aromatic rings. The van der Waals surface area contributed by atoms with Gasteiger partial charge in [-0.25, -0.2) is 4.79 Å². The predicted molar refractivity (Wildman–Crippen MR) is 126 cm³/mol. The zero-order valence-corrected chi connectivity index (χ0v) is 20.9. The number of carbonyl (C=O) groups is 4. The molecule has 1 saturated heterocycles. The molecule has 0 saturated carbocycles. The lowest BCUT2D eigenvalue weighted by Gasteiger charge is -2.50. The Morgan fingerprint density at radius 2 is 2.08 bits per heavy atom. The third-order valence-corrected chi connectivity index (χ3v) is 8.74. The van der Waals surface area contributed by atoms with Gasteiger partial charge in [0, 0.05) is 11.3 Å². The summed E-state index contributed by atoms with van der Waals surface area (Å²) >= 11 is 1.84. The highest BCUT2D eigenvalue weighted by Gasteiger charge is 2.55. The molecule has 4 rings (SSSR count). The number of nitrogens with zero attached hydrogens (tertiary/aromatic N) is 4. The lowest BCUT2D eigenvalue weighted by molar-refractivity contribution is -0.154. The number of benzene rings is 1. The summed E-state index contributed by atoms with van der Waals surface area (Å²) in [7, 11) is -4.57. The molecule has 1 aromatic carbocycles. The number of rotatable bonds is 11. The Morgan fingerprint density at radius 3 is 2.68 bits per heavy atom. The van der Waals surface area contributed by atoms with E-state index in [9.17, 15) is 37.3 Å². The van der Waals surface area contributed by atoms with Gasteiger partial charge in [-0.2, -0.15) is 13.6 Å². The van der Waals surface area contributed by atoms with Crippen LogP contribution in [-0.2, 0) is 34.0 Å². The third kappa shape index (κ3) is 5.76. The molecule has 3 unspecified atom stereocenters. The zero-order chi connectivity index (χ0) is 26.7. The minimum absolute atomic E-state index is 0.000203. The molecule has 0 aliphatic carbocycles. The summed E-state index contributed by atoms with van der Waals surface area (Å²) in [6.45, 7) is 0.107. The van der Waals surface area contributed by atoms with Crippen LogP contribution in [-0.4, -0.2) is 96.0 Å². The van der Waals surface area contributed by atoms with E-state index in [0.29, 0.717) is 5.56 Å². The first kappa shape index (κ1) is 26.6. The van der Waals surface area contributed by atoms with Crippen molar-refractivity contribution in [3.63, 3.8) is 0 Å². The van der Waals surface area contributed by atoms with Crippen molar-refractivity contribution in [1.82, 2.24) is 30.8 Å². The van der Waals surface area contributed by atoms with E-state index >= 15 is 0 Å². The van der Waals surface area contributed by atoms with Crippen LogP contribution in [0.2, 0.25) is 0 Å². The number of β-lactam (4-membered cyclic amide) rings is 1. The van der Waals surface area contributed by atoms with Crippen LogP contribution in [0.25, 0.3) is 0 Å². The minimum Gasteiger partial charge on any atom is -0.477 e. The van der Waals surface area contributed by atoms with Gasteiger partial charge in [0.25, 0.3) is 28.4 Å². The van der Waals surface area contributed by atoms with Gasteiger partial charge in [-0.1, -0.05) is 42.1 Å². The minimum atomic E-state index is -4.57. The number of carboxylic acid groups (broad SMARTS) is 1. The maximum atomic E-state index is 13.0. The molecule has 1 fully saturated rings. The number of ether oxygens (including phenoxy) is 1. The highest BCUT2D eigenvalue weighted by molar-refractivity contribution is 8.01. The normalized spacial score (nSPS) is 20.9. The number of H-pyrrole nitrogens is 1. The summed E-state index contributed by atoms with van der Waals surface area (Å²) in [5.41, 5.74) is -0.0506. The third-order valence-electron chi connectivity index (χ3n) is 5.35. The Balaban J connectivity index is 1.59. The predicted octanol–water partition coefficient (Wildman–Crippen LogP) is -0.799. The van der Waals surface area contributed by atoms with Gasteiger partial charge >= 0.3 is 5.97 Å². The number of thioether (sulfide) groups is 2. The van der Waals surface area contributed by atoms with E-state index in [4.69, 9.17) is 4.74 Å². The van der Waals surface area contributed by atoms with E-state index in [1.165, 1.54) is 0 Å². The van der Waals surface area contributed by atoms with Crippen molar-refractivity contribution in [2.45, 2.75) is 27.9 Å². The van der Waals surface area contributed by atoms with E-state index in [1.807, 2.05) is 0 Å². The molecule has 0 radical (unpaired) electrons. The number of carboxylic acids is 1. The van der Waals surface area contributed by atoms with Gasteiger partial charge in [0.2, 0.25) is 11.3 Å². The van der Waals surface area contributed by atoms with Gasteiger partial charge in [-0.3, -0.25) is 23.8 Å². The second kappa shape index (κ2) is 10.9. The Kier molecular flexibility index (Phi) is 7.81. The number of hydrogen-bond donors (Lipinski definition) is 4. The lowest BCUT2D eigenvalue weighted by atomic mass is 10.0. The van der Waals surface area contributed by atoms with Gasteiger partial charge in [0.1, 0.15) is 17.1 Å². The number of hydrogen-bond acceptors (Lipinski definition) is 12. The number of fused-ring (bicyclic) bond motifs is 1. The molecule has 37 heavy (non-hydrogen) atoms. The van der Waals surface area contributed by atoms with E-state index in [1.54, 1.807) is 30.3 Å². The van der Waals surface area contributed by atoms with Gasteiger partial charge in [-0.05, 0) is 10.8 Å². The van der Waals surface area contributed by atoms with Crippen LogP contribution >= 0.6 is 23.5 Å². The van der Waals surface area contributed by atoms with Crippen molar-refractivity contribution in [2.75, 3.05) is 11.5 Å². The maximum Gasteiger partial charge on any atom is 0.352 e. The number of aromatic amines is 1. The Labute approximate surface area is 217 Å². The summed E-state index contributed by atoms with van der Waals surface area (Å²) in [6, 6.07) is 6.98. The summed E-state index contributed by atoms with van der Waals surface area (Å²) in [5, 5.41) is 23.4. The quantitative estimate of drug-likeness (QED) is 0.112. The molecule has 1 aromatic heterocycles. The molecule has 0 spiro atoms. The first-order chi connectivity index (χ1) is 17.6. The number of nitrogens with one attached hydrogen (secondary N) is 2. The number of aromatic nitrogens is 4. The Hall–Kier alpha value is -3.48. The maximum absolute atomic E-state index is 13.0. The number of aliphatic carboxylic acids is 1. The van der Waals surface area contributed by atoms with Crippen molar-refractivity contribution < 1.29 is 42.0 Å². The van der Waals surface area contributed by atoms with Crippen molar-refractivity contribution in [2.24, 2.45) is 0 Å². The lowest BCUT2D eigenvalue weighted by Crippen LogP contribution is -2.71. The van der Waals surface area contributed by atoms with Crippen molar-refractivity contribution in [3.05, 3.63) is 47.2 Å². The SMILES string of the molecule is O=COC(C(=O)NC1C(=O)N2C(C(=O)O)=C(C(CS(=O)(=O)O)Sc3nn[nH]n3)CS[C@@H]12)c1ccccc1. The summed E-state index contributed by atoms with van der Waals surface area (Å²) in [5.74, 6) is -3.94. The number of amides is 2. The Bertz CT molecular complexity index is 1340. The van der Waals surface area contributed by atoms with Gasteiger partial charge in [0.15, 0.2) is 0 Å². The molecule has 4 N–H and O–H groups in total. The molecule has 15 nitrogen and oxygen atoms in total. The Morgan fingerprint density at radius 1 is 1.35 bits per heavy atom. The largest absolute Gasteiger partial charge is 0.477 e. The van der Waals surface area contributed by atoms with Crippen LogP contribution in [0.3, 0.4) is 0 Å². The van der Waals surface area contributed by atoms with Crippen LogP contribution in [0, 0.1) is 0 Å². The van der Waals surface area contributed by atoms with Gasteiger partial charge in [0.05, 0.1) is 11.0 Å². The van der Waals surface area contributed by atoms with Crippen molar-refractivity contribution >= 4 is 57.9 Å². The summed E-state index contributed by atoms with van der Waals surface area (Å²) in [6.07, 6.45) is -1.33. The van der Waals surface area contributed by atoms with Crippen LogP contribution in [0.15, 0.2) is 46.8 Å². The van der Waals surface area contributed by atoms with Gasteiger partial charge < -0.3 is 15.2 Å². The molecule has 0 bridgehead atoms. The second-order valence-corrected chi connectivity index (χ2v) is 11.4. The smallest absolute Gasteiger partial charge is 0.352 e. The average molecular weight is 571 g/mol. The zero-order valence-electron chi connectivity index (χ0n) is 18.5. The number of tetrazole rings is 1. The highest BCUT2D eigenvalue weighted by atomic mass is 32.2. The standard InChI is InChI=1S/C19H18N6O9S3/c26-8-34-14(9-4-2-1-3-5-9)15(27)20-12-16(28)25-13(18(29)30)10(6-35-17(12)25)11(7-37(31,32)33)36-19-21-23-24-22-19/h1-5,8,11-12,14,17H,6-7H2,(H,20,27)(H,29,30)(H,31,32,33)(H,21,22,23,24)/t11?,12?,14?,17-/m0/s1. The van der Waals surface area contributed by atoms with E-state index in [0.717, 1.165) is 28.4 Å². The first-order valence-electron chi connectivity index (χ1n) is 10.3. The van der Waals surface area contributed by atoms with Crippen LogP contribution < -0.4 is 5.32 Å². The fraction of sp³-hybridized carbons (Fsp3) is 0.316. The van der Waals surface area contributed by atoms with E-state index < -0.39 is 62.1 Å². The fourth-order valence-corrected chi connectivity index (χ4v) is 7.49. The monoisotopic (exact) mass is 570 g/mol. The van der Waals surface area contributed by atoms with E-state index in [-0.39, 0.29) is 23.0 Å². The van der Waals surface area contributed by atoms with Crippen LogP contribution in [0.1, 0.15) is 11.7 Å². The average Bonchev–Trinajstić information content (AvgIpc) is 3.37. The van der Waals surface area contributed by atoms with Crippen molar-refractivity contribution in [1.29, 1.82) is 0 Å².